The summed E-state index contributed by atoms with van der Waals surface area (Å²) < 4.78 is 38.5. The van der Waals surface area contributed by atoms with Gasteiger partial charge in [0.2, 0.25) is 0 Å². The molecule has 0 radical (unpaired) electrons. The standard InChI is InChI=1S/C10H17NO8S2/c1-2-3-6(11-21(16,17)18)20-10-9(15)8(14)7(13)5(4-12)19-10/h2,5,7-10,12-15H,1,3-4H2,(H,16,17,18). The zero-order chi connectivity index (χ0) is 16.2. The highest BCUT2D eigenvalue weighted by molar-refractivity contribution is 8.14. The molecular weight excluding hydrogens is 326 g/mol. The van der Waals surface area contributed by atoms with E-state index in [-0.39, 0.29) is 11.5 Å². The Morgan fingerprint density at radius 1 is 1.29 bits per heavy atom. The minimum absolute atomic E-state index is 0.0283. The van der Waals surface area contributed by atoms with Crippen molar-refractivity contribution < 1.29 is 38.1 Å². The normalized spacial score (nSPS) is 34.7. The van der Waals surface area contributed by atoms with Crippen molar-refractivity contribution in [3.05, 3.63) is 12.7 Å². The van der Waals surface area contributed by atoms with Gasteiger partial charge in [-0.05, 0) is 0 Å². The first-order valence-electron chi connectivity index (χ1n) is 5.84. The van der Waals surface area contributed by atoms with Gasteiger partial charge in [-0.15, -0.1) is 11.0 Å². The van der Waals surface area contributed by atoms with Crippen molar-refractivity contribution in [2.75, 3.05) is 6.61 Å². The van der Waals surface area contributed by atoms with Gasteiger partial charge in [-0.1, -0.05) is 17.8 Å². The molecule has 1 fully saturated rings. The van der Waals surface area contributed by atoms with E-state index in [1.165, 1.54) is 6.08 Å². The molecule has 0 spiro atoms. The van der Waals surface area contributed by atoms with Crippen LogP contribution in [0.4, 0.5) is 0 Å². The third-order valence-electron chi connectivity index (χ3n) is 2.64. The Labute approximate surface area is 125 Å². The van der Waals surface area contributed by atoms with Crippen LogP contribution in [0.25, 0.3) is 0 Å². The number of hydrogen-bond donors (Lipinski definition) is 5. The van der Waals surface area contributed by atoms with Crippen molar-refractivity contribution >= 4 is 27.1 Å². The van der Waals surface area contributed by atoms with Crippen LogP contribution in [-0.4, -0.2) is 74.9 Å². The first-order valence-corrected chi connectivity index (χ1v) is 8.11. The molecule has 122 valence electrons. The summed E-state index contributed by atoms with van der Waals surface area (Å²) in [6.45, 7) is 2.79. The third kappa shape index (κ3) is 5.30. The Kier molecular flexibility index (Phi) is 6.74. The quantitative estimate of drug-likeness (QED) is 0.170. The molecule has 0 bridgehead atoms. The van der Waals surface area contributed by atoms with Gasteiger partial charge in [0.1, 0.15) is 29.9 Å². The smallest absolute Gasteiger partial charge is 0.379 e. The van der Waals surface area contributed by atoms with Crippen molar-refractivity contribution in [1.29, 1.82) is 0 Å². The maximum Gasteiger partial charge on any atom is 0.379 e. The van der Waals surface area contributed by atoms with E-state index in [1.807, 2.05) is 0 Å². The van der Waals surface area contributed by atoms with Gasteiger partial charge in [-0.3, -0.25) is 4.55 Å². The van der Waals surface area contributed by atoms with Crippen LogP contribution in [0.2, 0.25) is 0 Å². The SMILES string of the molecule is C=CCC(=NS(=O)(=O)O)SC1OC(CO)C(O)C(O)C1O. The summed E-state index contributed by atoms with van der Waals surface area (Å²) >= 11 is 0.635. The van der Waals surface area contributed by atoms with Crippen molar-refractivity contribution in [2.45, 2.75) is 36.3 Å². The van der Waals surface area contributed by atoms with E-state index < -0.39 is 46.8 Å². The molecule has 1 aliphatic heterocycles. The topological polar surface area (TPSA) is 157 Å². The molecule has 1 rings (SSSR count). The van der Waals surface area contributed by atoms with Crippen molar-refractivity contribution in [3.63, 3.8) is 0 Å². The molecule has 11 heteroatoms. The fourth-order valence-corrected chi connectivity index (χ4v) is 3.43. The molecular formula is C10H17NO8S2. The molecule has 1 saturated heterocycles. The van der Waals surface area contributed by atoms with Gasteiger partial charge in [-0.25, -0.2) is 0 Å². The minimum Gasteiger partial charge on any atom is -0.394 e. The molecule has 0 aromatic rings. The molecule has 1 aliphatic rings. The molecule has 9 nitrogen and oxygen atoms in total. The van der Waals surface area contributed by atoms with Crippen molar-refractivity contribution in [2.24, 2.45) is 4.40 Å². The van der Waals surface area contributed by atoms with Gasteiger partial charge in [-0.2, -0.15) is 8.42 Å². The number of aliphatic hydroxyl groups is 4. The zero-order valence-electron chi connectivity index (χ0n) is 10.8. The molecule has 0 aromatic heterocycles. The predicted molar refractivity (Wildman–Crippen MR) is 75.2 cm³/mol. The molecule has 0 aromatic carbocycles. The Balaban J connectivity index is 2.92. The predicted octanol–water partition coefficient (Wildman–Crippen LogP) is -1.70. The van der Waals surface area contributed by atoms with Crippen LogP contribution in [0.3, 0.4) is 0 Å². The van der Waals surface area contributed by atoms with Crippen LogP contribution in [0.15, 0.2) is 17.1 Å². The van der Waals surface area contributed by atoms with Crippen LogP contribution in [0.1, 0.15) is 6.42 Å². The second kappa shape index (κ2) is 7.65. The van der Waals surface area contributed by atoms with E-state index in [2.05, 4.69) is 11.0 Å². The summed E-state index contributed by atoms with van der Waals surface area (Å²) in [6, 6.07) is 0. The highest BCUT2D eigenvalue weighted by atomic mass is 32.2. The zero-order valence-corrected chi connectivity index (χ0v) is 12.4. The van der Waals surface area contributed by atoms with Gasteiger partial charge in [0, 0.05) is 6.42 Å². The fraction of sp³-hybridized carbons (Fsp3) is 0.700. The molecule has 0 amide bonds. The summed E-state index contributed by atoms with van der Waals surface area (Å²) in [6.07, 6.45) is -4.45. The van der Waals surface area contributed by atoms with Gasteiger partial charge < -0.3 is 25.2 Å². The minimum atomic E-state index is -4.64. The largest absolute Gasteiger partial charge is 0.394 e. The summed E-state index contributed by atoms with van der Waals surface area (Å²) in [7, 11) is -4.64. The van der Waals surface area contributed by atoms with E-state index in [9.17, 15) is 23.7 Å². The highest BCUT2D eigenvalue weighted by Crippen LogP contribution is 2.30. The fourth-order valence-electron chi connectivity index (χ4n) is 1.66. The monoisotopic (exact) mass is 343 g/mol. The van der Waals surface area contributed by atoms with Crippen LogP contribution in [-0.2, 0) is 15.0 Å². The lowest BCUT2D eigenvalue weighted by molar-refractivity contribution is -0.205. The lowest BCUT2D eigenvalue weighted by Crippen LogP contribution is -2.57. The Bertz CT molecular complexity index is 491. The van der Waals surface area contributed by atoms with Crippen LogP contribution in [0.5, 0.6) is 0 Å². The number of nitrogens with zero attached hydrogens (tertiary/aromatic N) is 1. The number of allylic oxidation sites excluding steroid dienone is 1. The van der Waals surface area contributed by atoms with Gasteiger partial charge >= 0.3 is 10.3 Å². The van der Waals surface area contributed by atoms with Crippen LogP contribution >= 0.6 is 11.8 Å². The lowest BCUT2D eigenvalue weighted by Gasteiger charge is -2.39. The van der Waals surface area contributed by atoms with Crippen molar-refractivity contribution in [1.82, 2.24) is 0 Å². The Hall–Kier alpha value is -0.530. The lowest BCUT2D eigenvalue weighted by atomic mass is 10.0. The number of ether oxygens (including phenoxy) is 1. The highest BCUT2D eigenvalue weighted by Gasteiger charge is 2.44. The Morgan fingerprint density at radius 3 is 2.38 bits per heavy atom. The molecule has 5 unspecified atom stereocenters. The van der Waals surface area contributed by atoms with Gasteiger partial charge in [0.05, 0.1) is 11.7 Å². The second-order valence-electron chi connectivity index (χ2n) is 4.24. The molecule has 5 N–H and O–H groups in total. The maximum absolute atomic E-state index is 10.8. The Morgan fingerprint density at radius 2 is 1.90 bits per heavy atom. The number of aliphatic hydroxyl groups excluding tert-OH is 4. The van der Waals surface area contributed by atoms with E-state index in [0.717, 1.165) is 0 Å². The first-order chi connectivity index (χ1) is 9.69. The van der Waals surface area contributed by atoms with Gasteiger partial charge in [0.15, 0.2) is 0 Å². The average Bonchev–Trinajstić information content (AvgIpc) is 2.38. The van der Waals surface area contributed by atoms with Crippen molar-refractivity contribution in [3.8, 4) is 0 Å². The molecule has 5 atom stereocenters. The van der Waals surface area contributed by atoms with Crippen LogP contribution < -0.4 is 0 Å². The van der Waals surface area contributed by atoms with E-state index in [4.69, 9.17) is 14.4 Å². The van der Waals surface area contributed by atoms with E-state index in [1.54, 1.807) is 0 Å². The van der Waals surface area contributed by atoms with Crippen LogP contribution in [0, 0.1) is 0 Å². The summed E-state index contributed by atoms with van der Waals surface area (Å²) in [5, 5.41) is 37.9. The number of rotatable bonds is 5. The summed E-state index contributed by atoms with van der Waals surface area (Å²) in [4.78, 5) is 0. The molecule has 0 aliphatic carbocycles. The summed E-state index contributed by atoms with van der Waals surface area (Å²) in [5.41, 5.74) is -1.18. The number of hydrogen-bond acceptors (Lipinski definition) is 8. The summed E-state index contributed by atoms with van der Waals surface area (Å²) in [5.74, 6) is 0. The first kappa shape index (κ1) is 18.5. The number of thioether (sulfide) groups is 1. The van der Waals surface area contributed by atoms with E-state index >= 15 is 0 Å². The average molecular weight is 343 g/mol. The molecule has 0 saturated carbocycles. The molecule has 1 heterocycles. The van der Waals surface area contributed by atoms with E-state index in [0.29, 0.717) is 11.8 Å². The maximum atomic E-state index is 10.8. The third-order valence-corrected chi connectivity index (χ3v) is 4.36. The van der Waals surface area contributed by atoms with Gasteiger partial charge in [0.25, 0.3) is 0 Å². The molecule has 21 heavy (non-hydrogen) atoms. The second-order valence-corrected chi connectivity index (χ2v) is 6.49.